The maximum Gasteiger partial charge on any atom is 0.160 e. The molecule has 2 aromatic heterocycles. The van der Waals surface area contributed by atoms with Crippen LogP contribution in [0.4, 0.5) is 0 Å². The summed E-state index contributed by atoms with van der Waals surface area (Å²) in [6.45, 7) is 7.45. The van der Waals surface area contributed by atoms with Crippen LogP contribution in [0.3, 0.4) is 0 Å². The van der Waals surface area contributed by atoms with Crippen molar-refractivity contribution in [3.05, 3.63) is 23.1 Å². The number of pyridine rings is 1. The summed E-state index contributed by atoms with van der Waals surface area (Å²) in [5, 5.41) is 0.611. The van der Waals surface area contributed by atoms with E-state index in [1.807, 2.05) is 6.07 Å². The van der Waals surface area contributed by atoms with E-state index in [0.717, 1.165) is 30.0 Å². The summed E-state index contributed by atoms with van der Waals surface area (Å²) in [5.74, 6) is 1.53. The average Bonchev–Trinajstić information content (AvgIpc) is 2.54. The van der Waals surface area contributed by atoms with Gasteiger partial charge < -0.3 is 4.57 Å². The van der Waals surface area contributed by atoms with Gasteiger partial charge >= 0.3 is 0 Å². The number of nitrogens with zero attached hydrogens (tertiary/aromatic N) is 3. The SMILES string of the molecule is CC(C)(C)Cn1c(CCCl)nc2cc(Cl)cnc21. The van der Waals surface area contributed by atoms with E-state index in [1.165, 1.54) is 0 Å². The summed E-state index contributed by atoms with van der Waals surface area (Å²) in [4.78, 5) is 8.97. The molecule has 98 valence electrons. The first-order chi connectivity index (χ1) is 8.40. The molecule has 0 radical (unpaired) electrons. The van der Waals surface area contributed by atoms with Crippen molar-refractivity contribution in [3.63, 3.8) is 0 Å². The summed E-state index contributed by atoms with van der Waals surface area (Å²) in [6.07, 6.45) is 2.40. The summed E-state index contributed by atoms with van der Waals surface area (Å²) in [7, 11) is 0. The van der Waals surface area contributed by atoms with Crippen molar-refractivity contribution in [1.29, 1.82) is 0 Å². The Balaban J connectivity index is 2.55. The molecule has 0 bridgehead atoms. The lowest BCUT2D eigenvalue weighted by Crippen LogP contribution is -2.18. The van der Waals surface area contributed by atoms with Crippen LogP contribution in [-0.2, 0) is 13.0 Å². The third kappa shape index (κ3) is 2.96. The molecule has 0 saturated carbocycles. The number of imidazole rings is 1. The topological polar surface area (TPSA) is 30.7 Å². The van der Waals surface area contributed by atoms with Crippen molar-refractivity contribution in [1.82, 2.24) is 14.5 Å². The molecule has 0 aliphatic carbocycles. The fourth-order valence-corrected chi connectivity index (χ4v) is 2.27. The first-order valence-corrected chi connectivity index (χ1v) is 6.88. The molecule has 2 heterocycles. The van der Waals surface area contributed by atoms with Crippen LogP contribution in [-0.4, -0.2) is 20.4 Å². The third-order valence-corrected chi connectivity index (χ3v) is 2.98. The Kier molecular flexibility index (Phi) is 3.83. The van der Waals surface area contributed by atoms with Gasteiger partial charge in [0.15, 0.2) is 5.65 Å². The van der Waals surface area contributed by atoms with Gasteiger partial charge in [0.1, 0.15) is 11.3 Å². The standard InChI is InChI=1S/C13H17Cl2N3/c1-13(2,3)8-18-11(4-5-14)17-10-6-9(15)7-16-12(10)18/h6-7H,4-5,8H2,1-3H3. The second-order valence-electron chi connectivity index (χ2n) is 5.61. The molecule has 5 heteroatoms. The Morgan fingerprint density at radius 1 is 1.33 bits per heavy atom. The second kappa shape index (κ2) is 5.06. The highest BCUT2D eigenvalue weighted by molar-refractivity contribution is 6.31. The molecule has 0 unspecified atom stereocenters. The minimum absolute atomic E-state index is 0.163. The van der Waals surface area contributed by atoms with Gasteiger partial charge in [0, 0.05) is 25.0 Å². The minimum Gasteiger partial charge on any atom is -0.312 e. The van der Waals surface area contributed by atoms with Crippen molar-refractivity contribution < 1.29 is 0 Å². The number of halogens is 2. The van der Waals surface area contributed by atoms with E-state index in [-0.39, 0.29) is 5.41 Å². The smallest absolute Gasteiger partial charge is 0.160 e. The van der Waals surface area contributed by atoms with E-state index >= 15 is 0 Å². The third-order valence-electron chi connectivity index (χ3n) is 2.58. The molecule has 0 saturated heterocycles. The van der Waals surface area contributed by atoms with Crippen LogP contribution in [0.1, 0.15) is 26.6 Å². The average molecular weight is 286 g/mol. The molecule has 18 heavy (non-hydrogen) atoms. The zero-order chi connectivity index (χ0) is 13.3. The van der Waals surface area contributed by atoms with Gasteiger partial charge in [-0.1, -0.05) is 32.4 Å². The molecule has 0 amide bonds. The Hall–Kier alpha value is -0.800. The lowest BCUT2D eigenvalue weighted by molar-refractivity contribution is 0.342. The summed E-state index contributed by atoms with van der Waals surface area (Å²) < 4.78 is 2.15. The van der Waals surface area contributed by atoms with Gasteiger partial charge in [-0.15, -0.1) is 11.6 Å². The van der Waals surface area contributed by atoms with Crippen molar-refractivity contribution in [2.24, 2.45) is 5.41 Å². The Morgan fingerprint density at radius 3 is 2.67 bits per heavy atom. The van der Waals surface area contributed by atoms with Gasteiger partial charge in [-0.05, 0) is 11.5 Å². The Morgan fingerprint density at radius 2 is 2.06 bits per heavy atom. The van der Waals surface area contributed by atoms with Gasteiger partial charge in [-0.25, -0.2) is 9.97 Å². The van der Waals surface area contributed by atoms with Gasteiger partial charge in [0.25, 0.3) is 0 Å². The fraction of sp³-hybridized carbons (Fsp3) is 0.538. The molecule has 0 aliphatic rings. The van der Waals surface area contributed by atoms with E-state index in [4.69, 9.17) is 23.2 Å². The fourth-order valence-electron chi connectivity index (χ4n) is 1.95. The number of alkyl halides is 1. The van der Waals surface area contributed by atoms with Gasteiger partial charge in [-0.3, -0.25) is 0 Å². The zero-order valence-corrected chi connectivity index (χ0v) is 12.4. The lowest BCUT2D eigenvalue weighted by Gasteiger charge is -2.20. The highest BCUT2D eigenvalue weighted by Gasteiger charge is 2.18. The molecule has 0 fully saturated rings. The highest BCUT2D eigenvalue weighted by Crippen LogP contribution is 2.24. The molecular formula is C13H17Cl2N3. The van der Waals surface area contributed by atoms with Crippen LogP contribution < -0.4 is 0 Å². The predicted molar refractivity (Wildman–Crippen MR) is 76.4 cm³/mol. The van der Waals surface area contributed by atoms with Crippen LogP contribution in [0.5, 0.6) is 0 Å². The first-order valence-electron chi connectivity index (χ1n) is 5.97. The molecular weight excluding hydrogens is 269 g/mol. The van der Waals surface area contributed by atoms with Gasteiger partial charge in [-0.2, -0.15) is 0 Å². The molecule has 2 aromatic rings. The maximum absolute atomic E-state index is 5.95. The van der Waals surface area contributed by atoms with E-state index in [1.54, 1.807) is 6.20 Å². The minimum atomic E-state index is 0.163. The van der Waals surface area contributed by atoms with Crippen LogP contribution in [0.2, 0.25) is 5.02 Å². The van der Waals surface area contributed by atoms with Crippen LogP contribution in [0, 0.1) is 5.41 Å². The predicted octanol–water partition coefficient (Wildman–Crippen LogP) is 3.91. The normalized spacial score (nSPS) is 12.3. The number of aromatic nitrogens is 3. The second-order valence-corrected chi connectivity index (χ2v) is 6.42. The number of rotatable bonds is 3. The highest BCUT2D eigenvalue weighted by atomic mass is 35.5. The summed E-state index contributed by atoms with van der Waals surface area (Å²) in [6, 6.07) is 1.85. The van der Waals surface area contributed by atoms with E-state index in [9.17, 15) is 0 Å². The van der Waals surface area contributed by atoms with E-state index in [0.29, 0.717) is 10.9 Å². The van der Waals surface area contributed by atoms with E-state index in [2.05, 4.69) is 35.3 Å². The van der Waals surface area contributed by atoms with Crippen molar-refractivity contribution in [2.75, 3.05) is 5.88 Å². The number of aryl methyl sites for hydroxylation is 1. The molecule has 3 nitrogen and oxygen atoms in total. The maximum atomic E-state index is 5.95. The molecule has 2 rings (SSSR count). The lowest BCUT2D eigenvalue weighted by atomic mass is 9.97. The van der Waals surface area contributed by atoms with Crippen molar-refractivity contribution >= 4 is 34.4 Å². The van der Waals surface area contributed by atoms with E-state index < -0.39 is 0 Å². The van der Waals surface area contributed by atoms with Crippen LogP contribution in [0.25, 0.3) is 11.2 Å². The quantitative estimate of drug-likeness (QED) is 0.801. The zero-order valence-electron chi connectivity index (χ0n) is 10.9. The monoisotopic (exact) mass is 285 g/mol. The first kappa shape index (κ1) is 13.6. The largest absolute Gasteiger partial charge is 0.312 e. The van der Waals surface area contributed by atoms with Crippen LogP contribution >= 0.6 is 23.2 Å². The number of hydrogen-bond acceptors (Lipinski definition) is 2. The van der Waals surface area contributed by atoms with Crippen molar-refractivity contribution in [2.45, 2.75) is 33.7 Å². The molecule has 0 spiro atoms. The van der Waals surface area contributed by atoms with Gasteiger partial charge in [0.2, 0.25) is 0 Å². The summed E-state index contributed by atoms with van der Waals surface area (Å²) in [5.41, 5.74) is 1.89. The molecule has 0 aliphatic heterocycles. The van der Waals surface area contributed by atoms with Gasteiger partial charge in [0.05, 0.1) is 5.02 Å². The molecule has 0 N–H and O–H groups in total. The number of fused-ring (bicyclic) bond motifs is 1. The Bertz CT molecular complexity index is 555. The number of hydrogen-bond donors (Lipinski definition) is 0. The Labute approximate surface area is 117 Å². The summed E-state index contributed by atoms with van der Waals surface area (Å²) >= 11 is 11.8. The van der Waals surface area contributed by atoms with Crippen LogP contribution in [0.15, 0.2) is 12.3 Å². The van der Waals surface area contributed by atoms with Crippen molar-refractivity contribution in [3.8, 4) is 0 Å². The molecule has 0 aromatic carbocycles. The molecule has 0 atom stereocenters.